The van der Waals surface area contributed by atoms with E-state index in [2.05, 4.69) is 10.6 Å². The number of carbonyl (C=O) groups is 3. The summed E-state index contributed by atoms with van der Waals surface area (Å²) >= 11 is 0. The van der Waals surface area contributed by atoms with Gasteiger partial charge in [0.05, 0.1) is 5.69 Å². The Balaban J connectivity index is 1.51. The first-order chi connectivity index (χ1) is 15.3. The largest absolute Gasteiger partial charge is 0.476 e. The van der Waals surface area contributed by atoms with Crippen molar-refractivity contribution in [3.8, 4) is 5.75 Å². The molecule has 0 aromatic heterocycles. The first kappa shape index (κ1) is 22.6. The maximum Gasteiger partial charge on any atom is 0.268 e. The average Bonchev–Trinajstić information content (AvgIpc) is 2.78. The molecule has 2 N–H and O–H groups in total. The molecule has 0 atom stereocenters. The van der Waals surface area contributed by atoms with E-state index in [1.54, 1.807) is 36.9 Å². The van der Waals surface area contributed by atoms with Gasteiger partial charge in [-0.2, -0.15) is 0 Å². The minimum Gasteiger partial charge on any atom is -0.476 e. The molecule has 2 aliphatic carbocycles. The molecule has 3 aliphatic rings. The third kappa shape index (κ3) is 5.08. The molecule has 7 nitrogen and oxygen atoms in total. The van der Waals surface area contributed by atoms with Gasteiger partial charge in [-0.1, -0.05) is 38.5 Å². The second kappa shape index (κ2) is 9.51. The fraction of sp³-hybridized carbons (Fsp3) is 0.640. The topological polar surface area (TPSA) is 87.7 Å². The lowest BCUT2D eigenvalue weighted by atomic mass is 9.93. The van der Waals surface area contributed by atoms with Crippen LogP contribution >= 0.6 is 0 Å². The van der Waals surface area contributed by atoms with Gasteiger partial charge in [0.2, 0.25) is 5.91 Å². The Morgan fingerprint density at radius 1 is 1.06 bits per heavy atom. The van der Waals surface area contributed by atoms with E-state index in [-0.39, 0.29) is 36.3 Å². The maximum atomic E-state index is 13.6. The fourth-order valence-corrected chi connectivity index (χ4v) is 5.04. The molecule has 1 heterocycles. The van der Waals surface area contributed by atoms with Crippen molar-refractivity contribution in [1.82, 2.24) is 10.2 Å². The van der Waals surface area contributed by atoms with Gasteiger partial charge in [-0.3, -0.25) is 14.4 Å². The van der Waals surface area contributed by atoms with Crippen LogP contribution in [0.25, 0.3) is 0 Å². The lowest BCUT2D eigenvalue weighted by molar-refractivity contribution is -0.129. The number of amides is 3. The Morgan fingerprint density at radius 3 is 2.41 bits per heavy atom. The molecule has 4 rings (SSSR count). The quantitative estimate of drug-likeness (QED) is 0.722. The molecule has 0 bridgehead atoms. The second-order valence-electron chi connectivity index (χ2n) is 9.90. The predicted octanol–water partition coefficient (Wildman–Crippen LogP) is 4.02. The minimum absolute atomic E-state index is 0.0640. The van der Waals surface area contributed by atoms with Crippen LogP contribution in [0.5, 0.6) is 5.75 Å². The standard InChI is InChI=1S/C25H35N3O4/c1-25(2)24(31)27-20-15-17(13-14-21(20)32-25)23(30)28(19-11-7-4-8-12-19)16-22(29)26-18-9-5-3-6-10-18/h13-15,18-19H,3-12,16H2,1-2H3,(H,26,29)(H,27,31). The molecule has 32 heavy (non-hydrogen) atoms. The Hall–Kier alpha value is -2.57. The summed E-state index contributed by atoms with van der Waals surface area (Å²) in [5, 5.41) is 5.99. The lowest BCUT2D eigenvalue weighted by Gasteiger charge is -2.35. The summed E-state index contributed by atoms with van der Waals surface area (Å²) in [4.78, 5) is 40.5. The molecule has 0 radical (unpaired) electrons. The number of benzene rings is 1. The van der Waals surface area contributed by atoms with E-state index in [1.165, 1.54) is 12.8 Å². The molecule has 1 aromatic carbocycles. The third-order valence-corrected chi connectivity index (χ3v) is 6.95. The van der Waals surface area contributed by atoms with Crippen LogP contribution in [0, 0.1) is 0 Å². The normalized spacial score (nSPS) is 21.1. The van der Waals surface area contributed by atoms with Gasteiger partial charge in [0.15, 0.2) is 5.60 Å². The Kier molecular flexibility index (Phi) is 6.72. The van der Waals surface area contributed by atoms with Crippen molar-refractivity contribution in [1.29, 1.82) is 0 Å². The van der Waals surface area contributed by atoms with Crippen LogP contribution < -0.4 is 15.4 Å². The van der Waals surface area contributed by atoms with Crippen molar-refractivity contribution < 1.29 is 19.1 Å². The molecule has 0 unspecified atom stereocenters. The second-order valence-corrected chi connectivity index (χ2v) is 9.90. The lowest BCUT2D eigenvalue weighted by Crippen LogP contribution is -2.49. The molecule has 0 saturated heterocycles. The zero-order valence-electron chi connectivity index (χ0n) is 19.2. The summed E-state index contributed by atoms with van der Waals surface area (Å²) < 4.78 is 5.79. The van der Waals surface area contributed by atoms with E-state index in [4.69, 9.17) is 4.74 Å². The van der Waals surface area contributed by atoms with Crippen LogP contribution in [-0.2, 0) is 9.59 Å². The van der Waals surface area contributed by atoms with Crippen LogP contribution in [0.3, 0.4) is 0 Å². The van der Waals surface area contributed by atoms with E-state index in [0.29, 0.717) is 17.0 Å². The average molecular weight is 442 g/mol. The van der Waals surface area contributed by atoms with Crippen molar-refractivity contribution in [2.24, 2.45) is 0 Å². The summed E-state index contributed by atoms with van der Waals surface area (Å²) in [7, 11) is 0. The summed E-state index contributed by atoms with van der Waals surface area (Å²) in [5.74, 6) is 0.0562. The first-order valence-corrected chi connectivity index (χ1v) is 12.1. The highest BCUT2D eigenvalue weighted by Gasteiger charge is 2.36. The number of hydrogen-bond donors (Lipinski definition) is 2. The van der Waals surface area contributed by atoms with Crippen LogP contribution in [0.2, 0.25) is 0 Å². The van der Waals surface area contributed by atoms with Crippen molar-refractivity contribution >= 4 is 23.4 Å². The molecule has 7 heteroatoms. The Labute approximate surface area is 190 Å². The van der Waals surface area contributed by atoms with Gasteiger partial charge in [0.25, 0.3) is 11.8 Å². The number of anilines is 1. The van der Waals surface area contributed by atoms with E-state index in [0.717, 1.165) is 51.4 Å². The molecule has 1 aliphatic heterocycles. The number of ether oxygens (including phenoxy) is 1. The van der Waals surface area contributed by atoms with Gasteiger partial charge in [-0.25, -0.2) is 0 Å². The smallest absolute Gasteiger partial charge is 0.268 e. The number of nitrogens with one attached hydrogen (secondary N) is 2. The third-order valence-electron chi connectivity index (χ3n) is 6.95. The Bertz CT molecular complexity index is 870. The zero-order chi connectivity index (χ0) is 22.7. The predicted molar refractivity (Wildman–Crippen MR) is 123 cm³/mol. The van der Waals surface area contributed by atoms with Crippen molar-refractivity contribution in [2.45, 2.75) is 95.7 Å². The van der Waals surface area contributed by atoms with Crippen molar-refractivity contribution in [2.75, 3.05) is 11.9 Å². The zero-order valence-corrected chi connectivity index (χ0v) is 19.2. The summed E-state index contributed by atoms with van der Waals surface area (Å²) in [6.07, 6.45) is 10.7. The molecule has 174 valence electrons. The minimum atomic E-state index is -0.954. The van der Waals surface area contributed by atoms with Crippen LogP contribution in [0.15, 0.2) is 18.2 Å². The highest BCUT2D eigenvalue weighted by molar-refractivity contribution is 6.03. The molecule has 1 aromatic rings. The molecular formula is C25H35N3O4. The first-order valence-electron chi connectivity index (χ1n) is 12.1. The highest BCUT2D eigenvalue weighted by Crippen LogP contribution is 2.35. The number of hydrogen-bond acceptors (Lipinski definition) is 4. The number of carbonyl (C=O) groups excluding carboxylic acids is 3. The number of fused-ring (bicyclic) bond motifs is 1. The van der Waals surface area contributed by atoms with E-state index in [1.807, 2.05) is 0 Å². The maximum absolute atomic E-state index is 13.6. The van der Waals surface area contributed by atoms with Crippen LogP contribution in [0.1, 0.15) is 88.4 Å². The van der Waals surface area contributed by atoms with Gasteiger partial charge in [0.1, 0.15) is 12.3 Å². The molecular weight excluding hydrogens is 406 g/mol. The number of rotatable bonds is 5. The summed E-state index contributed by atoms with van der Waals surface area (Å²) in [6, 6.07) is 5.40. The van der Waals surface area contributed by atoms with Gasteiger partial charge in [0, 0.05) is 17.6 Å². The molecule has 0 spiro atoms. The van der Waals surface area contributed by atoms with Gasteiger partial charge < -0.3 is 20.3 Å². The van der Waals surface area contributed by atoms with Crippen molar-refractivity contribution in [3.63, 3.8) is 0 Å². The summed E-state index contributed by atoms with van der Waals surface area (Å²) in [6.45, 7) is 3.49. The van der Waals surface area contributed by atoms with E-state index < -0.39 is 5.60 Å². The monoisotopic (exact) mass is 441 g/mol. The number of nitrogens with zero attached hydrogens (tertiary/aromatic N) is 1. The van der Waals surface area contributed by atoms with Gasteiger partial charge in [-0.15, -0.1) is 0 Å². The molecule has 2 fully saturated rings. The fourth-order valence-electron chi connectivity index (χ4n) is 5.04. The van der Waals surface area contributed by atoms with Gasteiger partial charge >= 0.3 is 0 Å². The van der Waals surface area contributed by atoms with E-state index in [9.17, 15) is 14.4 Å². The van der Waals surface area contributed by atoms with Crippen LogP contribution in [0.4, 0.5) is 5.69 Å². The summed E-state index contributed by atoms with van der Waals surface area (Å²) in [5.41, 5.74) is 0.00274. The Morgan fingerprint density at radius 2 is 1.72 bits per heavy atom. The molecule has 3 amide bonds. The molecule has 2 saturated carbocycles. The SMILES string of the molecule is CC1(C)Oc2ccc(C(=O)N(CC(=O)NC3CCCCC3)C3CCCCC3)cc2NC1=O. The highest BCUT2D eigenvalue weighted by atomic mass is 16.5. The van der Waals surface area contributed by atoms with Crippen molar-refractivity contribution in [3.05, 3.63) is 23.8 Å². The van der Waals surface area contributed by atoms with E-state index >= 15 is 0 Å². The van der Waals surface area contributed by atoms with Crippen LogP contribution in [-0.4, -0.2) is 46.9 Å². The van der Waals surface area contributed by atoms with Gasteiger partial charge in [-0.05, 0) is 57.7 Å².